The SMILES string of the molecule is Cc1cccc(CC2C[C@@H]3[C@@H](CC[C@]4(C)C(O)CC[C@@H]34)[C@@]3(C)C=CC(=O)N(C)C23)c1. The van der Waals surface area contributed by atoms with Crippen LogP contribution in [0.3, 0.4) is 0 Å². The largest absolute Gasteiger partial charge is 0.393 e. The van der Waals surface area contributed by atoms with Crippen molar-refractivity contribution < 1.29 is 9.90 Å². The van der Waals surface area contributed by atoms with Crippen LogP contribution in [0.2, 0.25) is 0 Å². The summed E-state index contributed by atoms with van der Waals surface area (Å²) in [5.41, 5.74) is 2.80. The Balaban J connectivity index is 1.55. The molecule has 3 unspecified atom stereocenters. The Morgan fingerprint density at radius 1 is 1.17 bits per heavy atom. The number of carbonyl (C=O) groups is 1. The fourth-order valence-corrected chi connectivity index (χ4v) is 8.36. The summed E-state index contributed by atoms with van der Waals surface area (Å²) in [6, 6.07) is 9.15. The van der Waals surface area contributed by atoms with Gasteiger partial charge < -0.3 is 10.0 Å². The van der Waals surface area contributed by atoms with Crippen LogP contribution in [-0.4, -0.2) is 35.1 Å². The van der Waals surface area contributed by atoms with Crippen molar-refractivity contribution in [1.82, 2.24) is 4.90 Å². The van der Waals surface area contributed by atoms with E-state index in [4.69, 9.17) is 0 Å². The van der Waals surface area contributed by atoms with Crippen LogP contribution in [0.1, 0.15) is 57.1 Å². The first-order valence-electron chi connectivity index (χ1n) is 11.9. The molecule has 0 spiro atoms. The van der Waals surface area contributed by atoms with Crippen LogP contribution >= 0.6 is 0 Å². The van der Waals surface area contributed by atoms with Crippen molar-refractivity contribution in [3.63, 3.8) is 0 Å². The van der Waals surface area contributed by atoms with E-state index in [9.17, 15) is 9.90 Å². The minimum absolute atomic E-state index is 0.0228. The summed E-state index contributed by atoms with van der Waals surface area (Å²) in [6.45, 7) is 6.93. The molecule has 3 saturated carbocycles. The van der Waals surface area contributed by atoms with Gasteiger partial charge in [0.1, 0.15) is 0 Å². The van der Waals surface area contributed by atoms with Gasteiger partial charge in [-0.2, -0.15) is 0 Å². The fraction of sp³-hybridized carbons (Fsp3) is 0.667. The molecule has 162 valence electrons. The molecule has 1 aliphatic heterocycles. The van der Waals surface area contributed by atoms with E-state index < -0.39 is 0 Å². The third-order valence-corrected chi connectivity index (χ3v) is 9.78. The minimum atomic E-state index is -0.143. The molecule has 1 aromatic rings. The minimum Gasteiger partial charge on any atom is -0.393 e. The Labute approximate surface area is 181 Å². The molecule has 30 heavy (non-hydrogen) atoms. The molecule has 3 fully saturated rings. The highest BCUT2D eigenvalue weighted by Crippen LogP contribution is 2.65. The summed E-state index contributed by atoms with van der Waals surface area (Å²) in [6.07, 6.45) is 10.6. The molecule has 3 aliphatic carbocycles. The van der Waals surface area contributed by atoms with Crippen molar-refractivity contribution in [2.24, 2.45) is 34.5 Å². The molecule has 1 aromatic carbocycles. The topological polar surface area (TPSA) is 40.5 Å². The van der Waals surface area contributed by atoms with Gasteiger partial charge in [-0.25, -0.2) is 0 Å². The van der Waals surface area contributed by atoms with E-state index >= 15 is 0 Å². The van der Waals surface area contributed by atoms with Gasteiger partial charge in [-0.15, -0.1) is 0 Å². The zero-order valence-electron chi connectivity index (χ0n) is 19.0. The Kier molecular flexibility index (Phi) is 4.70. The summed E-state index contributed by atoms with van der Waals surface area (Å²) in [7, 11) is 2.02. The predicted molar refractivity (Wildman–Crippen MR) is 120 cm³/mol. The second-order valence-electron chi connectivity index (χ2n) is 11.3. The third kappa shape index (κ3) is 2.84. The zero-order chi connectivity index (χ0) is 21.3. The van der Waals surface area contributed by atoms with Crippen molar-refractivity contribution in [1.29, 1.82) is 0 Å². The lowest BCUT2D eigenvalue weighted by molar-refractivity contribution is -0.148. The molecule has 5 rings (SSSR count). The van der Waals surface area contributed by atoms with Crippen LogP contribution in [0, 0.1) is 41.4 Å². The zero-order valence-corrected chi connectivity index (χ0v) is 19.0. The van der Waals surface area contributed by atoms with Gasteiger partial charge in [0.25, 0.3) is 0 Å². The van der Waals surface area contributed by atoms with E-state index in [1.54, 1.807) is 0 Å². The van der Waals surface area contributed by atoms with Gasteiger partial charge in [0, 0.05) is 18.5 Å². The maximum Gasteiger partial charge on any atom is 0.246 e. The van der Waals surface area contributed by atoms with E-state index in [1.807, 2.05) is 18.0 Å². The predicted octanol–water partition coefficient (Wildman–Crippen LogP) is 4.76. The van der Waals surface area contributed by atoms with Gasteiger partial charge in [-0.05, 0) is 86.2 Å². The van der Waals surface area contributed by atoms with Crippen LogP contribution in [-0.2, 0) is 11.2 Å². The molecule has 8 atom stereocenters. The number of carbonyl (C=O) groups excluding carboxylic acids is 1. The highest BCUT2D eigenvalue weighted by Gasteiger charge is 2.62. The average Bonchev–Trinajstić information content (AvgIpc) is 3.00. The number of rotatable bonds is 2. The van der Waals surface area contributed by atoms with E-state index in [-0.39, 0.29) is 28.9 Å². The number of hydrogen-bond donors (Lipinski definition) is 1. The third-order valence-electron chi connectivity index (χ3n) is 9.78. The smallest absolute Gasteiger partial charge is 0.246 e. The van der Waals surface area contributed by atoms with E-state index in [2.05, 4.69) is 51.1 Å². The van der Waals surface area contributed by atoms with Crippen LogP contribution < -0.4 is 0 Å². The van der Waals surface area contributed by atoms with Gasteiger partial charge in [-0.3, -0.25) is 4.79 Å². The lowest BCUT2D eigenvalue weighted by Crippen LogP contribution is -2.63. The summed E-state index contributed by atoms with van der Waals surface area (Å²) in [5, 5.41) is 10.8. The number of likely N-dealkylation sites (N-methyl/N-ethyl adjacent to an activating group) is 1. The molecule has 0 radical (unpaired) electrons. The molecule has 0 aromatic heterocycles. The molecular formula is C27H37NO2. The summed E-state index contributed by atoms with van der Waals surface area (Å²) < 4.78 is 0. The number of aryl methyl sites for hydroxylation is 1. The molecule has 1 N–H and O–H groups in total. The number of amides is 1. The monoisotopic (exact) mass is 407 g/mol. The molecule has 0 bridgehead atoms. The van der Waals surface area contributed by atoms with Crippen LogP contribution in [0.5, 0.6) is 0 Å². The van der Waals surface area contributed by atoms with Crippen LogP contribution in [0.4, 0.5) is 0 Å². The summed E-state index contributed by atoms with van der Waals surface area (Å²) in [4.78, 5) is 14.7. The maximum absolute atomic E-state index is 12.7. The maximum atomic E-state index is 12.7. The lowest BCUT2D eigenvalue weighted by atomic mass is 9.46. The first kappa shape index (κ1) is 20.3. The fourth-order valence-electron chi connectivity index (χ4n) is 8.36. The number of nitrogens with zero attached hydrogens (tertiary/aromatic N) is 1. The van der Waals surface area contributed by atoms with E-state index in [1.165, 1.54) is 24.0 Å². The normalized spacial score (nSPS) is 45.1. The molecule has 4 aliphatic rings. The van der Waals surface area contributed by atoms with Gasteiger partial charge in [0.15, 0.2) is 0 Å². The summed E-state index contributed by atoms with van der Waals surface area (Å²) >= 11 is 0. The Bertz CT molecular complexity index is 877. The number of aliphatic hydroxyl groups is 1. The van der Waals surface area contributed by atoms with Crippen molar-refractivity contribution in [3.8, 4) is 0 Å². The quantitative estimate of drug-likeness (QED) is 0.768. The van der Waals surface area contributed by atoms with Crippen molar-refractivity contribution in [2.75, 3.05) is 7.05 Å². The lowest BCUT2D eigenvalue weighted by Gasteiger charge is -2.62. The number of hydrogen-bond acceptors (Lipinski definition) is 2. The van der Waals surface area contributed by atoms with Gasteiger partial charge >= 0.3 is 0 Å². The average molecular weight is 408 g/mol. The van der Waals surface area contributed by atoms with E-state index in [0.29, 0.717) is 23.7 Å². The molecule has 1 heterocycles. The second kappa shape index (κ2) is 6.95. The highest BCUT2D eigenvalue weighted by molar-refractivity contribution is 5.89. The van der Waals surface area contributed by atoms with Crippen molar-refractivity contribution >= 4 is 5.91 Å². The molecule has 3 heteroatoms. The number of aliphatic hydroxyl groups excluding tert-OH is 1. The van der Waals surface area contributed by atoms with Crippen molar-refractivity contribution in [2.45, 2.75) is 71.4 Å². The molecular weight excluding hydrogens is 370 g/mol. The molecule has 0 saturated heterocycles. The van der Waals surface area contributed by atoms with Crippen molar-refractivity contribution in [3.05, 3.63) is 47.5 Å². The second-order valence-corrected chi connectivity index (χ2v) is 11.3. The molecule has 3 nitrogen and oxygen atoms in total. The van der Waals surface area contributed by atoms with E-state index in [0.717, 1.165) is 25.7 Å². The first-order valence-corrected chi connectivity index (χ1v) is 11.9. The highest BCUT2D eigenvalue weighted by atomic mass is 16.3. The van der Waals surface area contributed by atoms with Crippen LogP contribution in [0.15, 0.2) is 36.4 Å². The van der Waals surface area contributed by atoms with Gasteiger partial charge in [0.05, 0.1) is 6.10 Å². The standard InChI is InChI=1S/C27H37NO2/c1-17-6-5-7-18(14-17)15-19-16-20-21-8-9-23(29)26(21,2)12-10-22(20)27(3)13-11-24(30)28(4)25(19)27/h5-7,11,13-14,19-23,25,29H,8-10,12,15-16H2,1-4H3/t19?,20-,21-,22+,23?,25?,26-,27+/m0/s1. The number of benzene rings is 1. The van der Waals surface area contributed by atoms with Crippen LogP contribution in [0.25, 0.3) is 0 Å². The molecule has 1 amide bonds. The van der Waals surface area contributed by atoms with Gasteiger partial charge in [0.2, 0.25) is 5.91 Å². The Morgan fingerprint density at radius 3 is 2.73 bits per heavy atom. The summed E-state index contributed by atoms with van der Waals surface area (Å²) in [5.74, 6) is 2.47. The number of fused-ring (bicyclic) bond motifs is 5. The first-order chi connectivity index (χ1) is 14.2. The Morgan fingerprint density at radius 2 is 1.97 bits per heavy atom. The Hall–Kier alpha value is -1.61. The van der Waals surface area contributed by atoms with Gasteiger partial charge in [-0.1, -0.05) is 49.8 Å².